The molecular weight excluding hydrogens is 268 g/mol. The number of hydrogen-bond donors (Lipinski definition) is 2. The van der Waals surface area contributed by atoms with Crippen LogP contribution in [0.15, 0.2) is 18.2 Å². The molecule has 1 amide bonds. The molecule has 0 aliphatic heterocycles. The van der Waals surface area contributed by atoms with E-state index in [1.54, 1.807) is 19.1 Å². The molecule has 0 spiro atoms. The lowest BCUT2D eigenvalue weighted by molar-refractivity contribution is 0.0956. The molecule has 0 atom stereocenters. The number of methoxy groups -OCH3 is 1. The third-order valence-corrected chi connectivity index (χ3v) is 4.34. The number of carbonyl (C=O) groups excluding carboxylic acids is 1. The maximum atomic E-state index is 11.8. The Bertz CT molecular complexity index is 555. The largest absolute Gasteiger partial charge is 0.495 e. The highest BCUT2D eigenvalue weighted by Gasteiger charge is 2.11. The van der Waals surface area contributed by atoms with E-state index in [9.17, 15) is 13.2 Å². The topological polar surface area (TPSA) is 98.5 Å². The number of anilines is 1. The Morgan fingerprint density at radius 3 is 2.63 bits per heavy atom. The summed E-state index contributed by atoms with van der Waals surface area (Å²) in [4.78, 5) is 11.8. The normalized spacial score (nSPS) is 11.1. The number of rotatable bonds is 6. The van der Waals surface area contributed by atoms with E-state index >= 15 is 0 Å². The summed E-state index contributed by atoms with van der Waals surface area (Å²) < 4.78 is 27.5. The van der Waals surface area contributed by atoms with Crippen LogP contribution in [0, 0.1) is 0 Å². The quantitative estimate of drug-likeness (QED) is 0.739. The Kier molecular flexibility index (Phi) is 5.17. The first-order valence-corrected chi connectivity index (χ1v) is 7.64. The number of nitrogens with one attached hydrogen (secondary N) is 1. The number of sulfone groups is 1. The second-order valence-electron chi connectivity index (χ2n) is 3.95. The van der Waals surface area contributed by atoms with Gasteiger partial charge in [0.2, 0.25) is 0 Å². The monoisotopic (exact) mass is 286 g/mol. The Morgan fingerprint density at radius 2 is 2.11 bits per heavy atom. The van der Waals surface area contributed by atoms with Crippen LogP contribution in [0.5, 0.6) is 5.75 Å². The number of nitrogen functional groups attached to an aromatic ring is 1. The molecular formula is C12H18N2O4S. The Hall–Kier alpha value is -1.76. The molecule has 7 heteroatoms. The minimum Gasteiger partial charge on any atom is -0.495 e. The predicted octanol–water partition coefficient (Wildman–Crippen LogP) is 0.442. The van der Waals surface area contributed by atoms with Gasteiger partial charge in [-0.2, -0.15) is 0 Å². The van der Waals surface area contributed by atoms with E-state index in [1.807, 2.05) is 0 Å². The summed E-state index contributed by atoms with van der Waals surface area (Å²) in [5.41, 5.74) is 6.41. The lowest BCUT2D eigenvalue weighted by Crippen LogP contribution is -2.29. The molecule has 1 aromatic carbocycles. The highest BCUT2D eigenvalue weighted by atomic mass is 32.2. The van der Waals surface area contributed by atoms with Crippen LogP contribution in [0.1, 0.15) is 17.3 Å². The van der Waals surface area contributed by atoms with Crippen molar-refractivity contribution in [3.63, 3.8) is 0 Å². The van der Waals surface area contributed by atoms with Crippen molar-refractivity contribution in [2.24, 2.45) is 0 Å². The summed E-state index contributed by atoms with van der Waals surface area (Å²) >= 11 is 0. The summed E-state index contributed by atoms with van der Waals surface area (Å²) in [6, 6.07) is 4.65. The fourth-order valence-electron chi connectivity index (χ4n) is 1.44. The summed E-state index contributed by atoms with van der Waals surface area (Å²) in [5.74, 6) is 0.130. The van der Waals surface area contributed by atoms with Crippen LogP contribution in [-0.4, -0.2) is 39.5 Å². The second-order valence-corrected chi connectivity index (χ2v) is 6.42. The predicted molar refractivity (Wildman–Crippen MR) is 74.1 cm³/mol. The summed E-state index contributed by atoms with van der Waals surface area (Å²) in [6.07, 6.45) is 0. The fraction of sp³-hybridized carbons (Fsp3) is 0.417. The molecule has 0 fully saturated rings. The van der Waals surface area contributed by atoms with Crippen molar-refractivity contribution in [1.82, 2.24) is 5.32 Å². The van der Waals surface area contributed by atoms with Crippen LogP contribution < -0.4 is 15.8 Å². The van der Waals surface area contributed by atoms with Crippen LogP contribution in [0.4, 0.5) is 5.69 Å². The number of nitrogens with two attached hydrogens (primary N) is 1. The molecule has 0 aliphatic rings. The van der Waals surface area contributed by atoms with Gasteiger partial charge in [-0.3, -0.25) is 4.79 Å². The van der Waals surface area contributed by atoms with Gasteiger partial charge in [-0.1, -0.05) is 6.92 Å². The fourth-order valence-corrected chi connectivity index (χ4v) is 2.14. The SMILES string of the molecule is CCS(=O)(=O)CCNC(=O)c1ccc(OC)c(N)c1. The highest BCUT2D eigenvalue weighted by molar-refractivity contribution is 7.91. The molecule has 0 radical (unpaired) electrons. The minimum atomic E-state index is -3.08. The van der Waals surface area contributed by atoms with E-state index in [0.29, 0.717) is 17.0 Å². The molecule has 1 rings (SSSR count). The van der Waals surface area contributed by atoms with Crippen LogP contribution in [0.2, 0.25) is 0 Å². The number of amides is 1. The molecule has 0 unspecified atom stereocenters. The first-order valence-electron chi connectivity index (χ1n) is 5.81. The van der Waals surface area contributed by atoms with Crippen LogP contribution >= 0.6 is 0 Å². The molecule has 0 saturated heterocycles. The van der Waals surface area contributed by atoms with Crippen LogP contribution in [-0.2, 0) is 9.84 Å². The summed E-state index contributed by atoms with van der Waals surface area (Å²) in [5, 5.41) is 2.54. The third kappa shape index (κ3) is 4.44. The molecule has 1 aromatic rings. The lowest BCUT2D eigenvalue weighted by atomic mass is 10.2. The van der Waals surface area contributed by atoms with Gasteiger partial charge in [0.1, 0.15) is 5.75 Å². The van der Waals surface area contributed by atoms with Crippen LogP contribution in [0.25, 0.3) is 0 Å². The molecule has 3 N–H and O–H groups in total. The maximum Gasteiger partial charge on any atom is 0.251 e. The number of benzene rings is 1. The molecule has 19 heavy (non-hydrogen) atoms. The average molecular weight is 286 g/mol. The number of ether oxygens (including phenoxy) is 1. The standard InChI is InChI=1S/C12H18N2O4S/c1-3-19(16,17)7-6-14-12(15)9-4-5-11(18-2)10(13)8-9/h4-5,8H,3,6-7,13H2,1-2H3,(H,14,15). The van der Waals surface area contributed by atoms with Gasteiger partial charge in [-0.25, -0.2) is 8.42 Å². The highest BCUT2D eigenvalue weighted by Crippen LogP contribution is 2.21. The van der Waals surface area contributed by atoms with Gasteiger partial charge in [0, 0.05) is 17.9 Å². The Labute approximate surface area is 112 Å². The van der Waals surface area contributed by atoms with Gasteiger partial charge >= 0.3 is 0 Å². The smallest absolute Gasteiger partial charge is 0.251 e. The van der Waals surface area contributed by atoms with Crippen molar-refractivity contribution < 1.29 is 17.9 Å². The number of hydrogen-bond acceptors (Lipinski definition) is 5. The molecule has 0 saturated carbocycles. The zero-order valence-electron chi connectivity index (χ0n) is 11.0. The molecule has 0 bridgehead atoms. The van der Waals surface area contributed by atoms with Crippen molar-refractivity contribution >= 4 is 21.4 Å². The molecule has 6 nitrogen and oxygen atoms in total. The van der Waals surface area contributed by atoms with E-state index in [4.69, 9.17) is 10.5 Å². The minimum absolute atomic E-state index is 0.0678. The van der Waals surface area contributed by atoms with E-state index in [0.717, 1.165) is 0 Å². The van der Waals surface area contributed by atoms with Gasteiger partial charge in [-0.05, 0) is 18.2 Å². The van der Waals surface area contributed by atoms with Gasteiger partial charge in [-0.15, -0.1) is 0 Å². The van der Waals surface area contributed by atoms with E-state index in [-0.39, 0.29) is 24.0 Å². The Balaban J connectivity index is 2.62. The van der Waals surface area contributed by atoms with E-state index in [1.165, 1.54) is 13.2 Å². The number of carbonyl (C=O) groups is 1. The molecule has 106 valence electrons. The lowest BCUT2D eigenvalue weighted by Gasteiger charge is -2.08. The van der Waals surface area contributed by atoms with E-state index in [2.05, 4.69) is 5.32 Å². The third-order valence-electron chi connectivity index (χ3n) is 2.63. The van der Waals surface area contributed by atoms with Gasteiger partial charge in [0.15, 0.2) is 9.84 Å². The van der Waals surface area contributed by atoms with Crippen molar-refractivity contribution in [2.45, 2.75) is 6.92 Å². The molecule has 0 aliphatic carbocycles. The average Bonchev–Trinajstić information content (AvgIpc) is 2.38. The zero-order chi connectivity index (χ0) is 14.5. The first kappa shape index (κ1) is 15.3. The van der Waals surface area contributed by atoms with Crippen LogP contribution in [0.3, 0.4) is 0 Å². The first-order chi connectivity index (χ1) is 8.89. The zero-order valence-corrected chi connectivity index (χ0v) is 11.8. The maximum absolute atomic E-state index is 11.8. The summed E-state index contributed by atoms with van der Waals surface area (Å²) in [7, 11) is -1.59. The van der Waals surface area contributed by atoms with Crippen molar-refractivity contribution in [1.29, 1.82) is 0 Å². The summed E-state index contributed by atoms with van der Waals surface area (Å²) in [6.45, 7) is 1.66. The van der Waals surface area contributed by atoms with Crippen molar-refractivity contribution in [3.05, 3.63) is 23.8 Å². The van der Waals surface area contributed by atoms with Gasteiger partial charge < -0.3 is 15.8 Å². The Morgan fingerprint density at radius 1 is 1.42 bits per heavy atom. The van der Waals surface area contributed by atoms with Crippen molar-refractivity contribution in [3.8, 4) is 5.75 Å². The van der Waals surface area contributed by atoms with Gasteiger partial charge in [0.05, 0.1) is 18.6 Å². The molecule has 0 heterocycles. The van der Waals surface area contributed by atoms with E-state index < -0.39 is 9.84 Å². The van der Waals surface area contributed by atoms with Gasteiger partial charge in [0.25, 0.3) is 5.91 Å². The second kappa shape index (κ2) is 6.42. The molecule has 0 aromatic heterocycles. The van der Waals surface area contributed by atoms with Crippen molar-refractivity contribution in [2.75, 3.05) is 30.9 Å².